The molecule has 0 aromatic carbocycles. The van der Waals surface area contributed by atoms with Crippen LogP contribution < -0.4 is 0 Å². The Morgan fingerprint density at radius 3 is 2.83 bits per heavy atom. The lowest BCUT2D eigenvalue weighted by molar-refractivity contribution is 0.0689. The summed E-state index contributed by atoms with van der Waals surface area (Å²) in [6, 6.07) is 9.43. The second kappa shape index (κ2) is 6.63. The van der Waals surface area contributed by atoms with Gasteiger partial charge in [-0.3, -0.25) is 9.78 Å². The van der Waals surface area contributed by atoms with Gasteiger partial charge in [0.25, 0.3) is 5.91 Å². The van der Waals surface area contributed by atoms with Gasteiger partial charge in [0.1, 0.15) is 0 Å². The van der Waals surface area contributed by atoms with Crippen LogP contribution in [-0.4, -0.2) is 28.9 Å². The Bertz CT molecular complexity index is 709. The van der Waals surface area contributed by atoms with E-state index in [4.69, 9.17) is 4.42 Å². The molecular weight excluding hydrogens is 300 g/mol. The molecule has 124 valence electrons. The molecule has 2 heterocycles. The van der Waals surface area contributed by atoms with E-state index in [1.54, 1.807) is 24.6 Å². The Kier molecular flexibility index (Phi) is 4.20. The second-order valence-corrected chi connectivity index (χ2v) is 6.84. The van der Waals surface area contributed by atoms with Crippen molar-refractivity contribution in [2.75, 3.05) is 13.1 Å². The highest BCUT2D eigenvalue weighted by atomic mass is 16.3. The summed E-state index contributed by atoms with van der Waals surface area (Å²) in [5, 5.41) is 0. The molecule has 1 amide bonds. The molecule has 0 spiro atoms. The van der Waals surface area contributed by atoms with E-state index in [1.807, 2.05) is 23.1 Å². The highest BCUT2D eigenvalue weighted by Gasteiger charge is 2.37. The molecule has 2 aliphatic rings. The molecule has 2 bridgehead atoms. The smallest absolute Gasteiger partial charge is 0.289 e. The average Bonchev–Trinajstić information content (AvgIpc) is 3.36. The van der Waals surface area contributed by atoms with E-state index < -0.39 is 0 Å². The maximum Gasteiger partial charge on any atom is 0.289 e. The van der Waals surface area contributed by atoms with Crippen molar-refractivity contribution in [2.45, 2.75) is 19.3 Å². The first-order chi connectivity index (χ1) is 11.8. The summed E-state index contributed by atoms with van der Waals surface area (Å²) in [5.41, 5.74) is 1.02. The van der Waals surface area contributed by atoms with Crippen LogP contribution >= 0.6 is 0 Å². The van der Waals surface area contributed by atoms with Gasteiger partial charge < -0.3 is 9.32 Å². The number of nitrogens with zero attached hydrogens (tertiary/aromatic N) is 2. The molecule has 0 N–H and O–H groups in total. The highest BCUT2D eigenvalue weighted by molar-refractivity contribution is 5.91. The van der Waals surface area contributed by atoms with Crippen molar-refractivity contribution >= 4 is 5.91 Å². The second-order valence-electron chi connectivity index (χ2n) is 6.84. The fraction of sp³-hybridized carbons (Fsp3) is 0.400. The number of furan rings is 1. The standard InChI is InChI=1S/C20H22N2O2/c23-20(19-5-3-11-24-19)22(10-8-18-4-1-2-9-21-18)14-17-13-15-6-7-16(17)12-15/h1-7,9,11,15-17H,8,10,12-14H2. The lowest BCUT2D eigenvalue weighted by Gasteiger charge is -2.28. The van der Waals surface area contributed by atoms with Gasteiger partial charge in [0.05, 0.1) is 6.26 Å². The number of carbonyl (C=O) groups excluding carboxylic acids is 1. The maximum absolute atomic E-state index is 12.8. The van der Waals surface area contributed by atoms with E-state index in [0.29, 0.717) is 24.1 Å². The molecule has 4 rings (SSSR count). The predicted molar refractivity (Wildman–Crippen MR) is 91.4 cm³/mol. The number of hydrogen-bond acceptors (Lipinski definition) is 3. The van der Waals surface area contributed by atoms with Crippen LogP contribution in [0.4, 0.5) is 0 Å². The largest absolute Gasteiger partial charge is 0.459 e. The lowest BCUT2D eigenvalue weighted by atomic mass is 9.93. The van der Waals surface area contributed by atoms with Gasteiger partial charge in [-0.15, -0.1) is 0 Å². The van der Waals surface area contributed by atoms with Crippen molar-refractivity contribution in [1.82, 2.24) is 9.88 Å². The number of amides is 1. The van der Waals surface area contributed by atoms with Gasteiger partial charge in [-0.25, -0.2) is 0 Å². The molecule has 4 nitrogen and oxygen atoms in total. The fourth-order valence-electron chi connectivity index (χ4n) is 4.01. The van der Waals surface area contributed by atoms with Gasteiger partial charge in [-0.05, 0) is 54.9 Å². The fourth-order valence-corrected chi connectivity index (χ4v) is 4.01. The zero-order chi connectivity index (χ0) is 16.4. The van der Waals surface area contributed by atoms with Crippen LogP contribution in [0, 0.1) is 17.8 Å². The molecule has 0 aliphatic heterocycles. The molecule has 2 aliphatic carbocycles. The number of carbonyl (C=O) groups is 1. The maximum atomic E-state index is 12.8. The van der Waals surface area contributed by atoms with Crippen molar-refractivity contribution in [3.8, 4) is 0 Å². The van der Waals surface area contributed by atoms with Crippen molar-refractivity contribution in [3.63, 3.8) is 0 Å². The van der Waals surface area contributed by atoms with Gasteiger partial charge in [0, 0.05) is 31.4 Å². The van der Waals surface area contributed by atoms with Crippen LogP contribution in [0.5, 0.6) is 0 Å². The normalized spacial score (nSPS) is 24.4. The average molecular weight is 322 g/mol. The summed E-state index contributed by atoms with van der Waals surface area (Å²) >= 11 is 0. The zero-order valence-corrected chi connectivity index (χ0v) is 13.7. The van der Waals surface area contributed by atoms with Crippen LogP contribution in [0.1, 0.15) is 29.1 Å². The number of hydrogen-bond donors (Lipinski definition) is 0. The zero-order valence-electron chi connectivity index (χ0n) is 13.7. The summed E-state index contributed by atoms with van der Waals surface area (Å²) in [6.07, 6.45) is 11.3. The third-order valence-corrected chi connectivity index (χ3v) is 5.25. The predicted octanol–water partition coefficient (Wildman–Crippen LogP) is 3.57. The van der Waals surface area contributed by atoms with E-state index >= 15 is 0 Å². The first-order valence-electron chi connectivity index (χ1n) is 8.70. The van der Waals surface area contributed by atoms with Crippen LogP contribution in [0.15, 0.2) is 59.4 Å². The van der Waals surface area contributed by atoms with E-state index in [-0.39, 0.29) is 5.91 Å². The minimum absolute atomic E-state index is 0.0114. The monoisotopic (exact) mass is 322 g/mol. The Labute approximate surface area is 142 Å². The van der Waals surface area contributed by atoms with Crippen LogP contribution in [-0.2, 0) is 6.42 Å². The highest BCUT2D eigenvalue weighted by Crippen LogP contribution is 2.43. The minimum Gasteiger partial charge on any atom is -0.459 e. The lowest BCUT2D eigenvalue weighted by Crippen LogP contribution is -2.38. The first-order valence-corrected chi connectivity index (χ1v) is 8.70. The summed E-state index contributed by atoms with van der Waals surface area (Å²) in [6.45, 7) is 1.48. The molecular formula is C20H22N2O2. The van der Waals surface area contributed by atoms with Gasteiger partial charge in [-0.2, -0.15) is 0 Å². The number of fused-ring (bicyclic) bond motifs is 2. The first kappa shape index (κ1) is 15.2. The molecule has 0 radical (unpaired) electrons. The molecule has 3 unspecified atom stereocenters. The molecule has 24 heavy (non-hydrogen) atoms. The molecule has 2 aromatic rings. The van der Waals surface area contributed by atoms with Gasteiger partial charge in [0.2, 0.25) is 0 Å². The Hall–Kier alpha value is -2.36. The molecule has 0 saturated heterocycles. The molecule has 2 aromatic heterocycles. The summed E-state index contributed by atoms with van der Waals surface area (Å²) in [5.74, 6) is 2.34. The molecule has 3 atom stereocenters. The Morgan fingerprint density at radius 2 is 2.17 bits per heavy atom. The van der Waals surface area contributed by atoms with E-state index in [9.17, 15) is 4.79 Å². The Balaban J connectivity index is 1.46. The van der Waals surface area contributed by atoms with Crippen molar-refractivity contribution in [2.24, 2.45) is 17.8 Å². The van der Waals surface area contributed by atoms with Crippen LogP contribution in [0.2, 0.25) is 0 Å². The number of pyridine rings is 1. The molecule has 1 saturated carbocycles. The number of allylic oxidation sites excluding steroid dienone is 2. The topological polar surface area (TPSA) is 46.3 Å². The Morgan fingerprint density at radius 1 is 1.21 bits per heavy atom. The molecule has 4 heteroatoms. The van der Waals surface area contributed by atoms with Crippen molar-refractivity contribution in [3.05, 3.63) is 66.4 Å². The summed E-state index contributed by atoms with van der Waals surface area (Å²) in [7, 11) is 0. The SMILES string of the molecule is O=C(c1ccco1)N(CCc1ccccn1)CC1CC2C=CC1C2. The minimum atomic E-state index is -0.0114. The molecule has 1 fully saturated rings. The van der Waals surface area contributed by atoms with Crippen LogP contribution in [0.25, 0.3) is 0 Å². The van der Waals surface area contributed by atoms with Gasteiger partial charge in [-0.1, -0.05) is 18.2 Å². The van der Waals surface area contributed by atoms with E-state index in [1.165, 1.54) is 12.8 Å². The third kappa shape index (κ3) is 3.14. The quantitative estimate of drug-likeness (QED) is 0.764. The van der Waals surface area contributed by atoms with Crippen molar-refractivity contribution in [1.29, 1.82) is 0 Å². The van der Waals surface area contributed by atoms with E-state index in [0.717, 1.165) is 24.6 Å². The van der Waals surface area contributed by atoms with Gasteiger partial charge in [0.15, 0.2) is 5.76 Å². The summed E-state index contributed by atoms with van der Waals surface area (Å²) in [4.78, 5) is 19.1. The van der Waals surface area contributed by atoms with Crippen molar-refractivity contribution < 1.29 is 9.21 Å². The summed E-state index contributed by atoms with van der Waals surface area (Å²) < 4.78 is 5.33. The third-order valence-electron chi connectivity index (χ3n) is 5.25. The van der Waals surface area contributed by atoms with Gasteiger partial charge >= 0.3 is 0 Å². The van der Waals surface area contributed by atoms with E-state index in [2.05, 4.69) is 17.1 Å². The van der Waals surface area contributed by atoms with Crippen LogP contribution in [0.3, 0.4) is 0 Å². The number of rotatable bonds is 6. The number of aromatic nitrogens is 1.